The van der Waals surface area contributed by atoms with Crippen LogP contribution in [0.3, 0.4) is 0 Å². The molecule has 2 N–H and O–H groups in total. The number of aryl methyl sites for hydroxylation is 1. The quantitative estimate of drug-likeness (QED) is 0.846. The fraction of sp³-hybridized carbons (Fsp3) is 0.154. The molecular weight excluding hydrogens is 264 g/mol. The maximum atomic E-state index is 11.6. The molecule has 0 unspecified atom stereocenters. The van der Waals surface area contributed by atoms with Crippen LogP contribution in [0.4, 0.5) is 11.5 Å². The summed E-state index contributed by atoms with van der Waals surface area (Å²) in [7, 11) is 1.59. The summed E-state index contributed by atoms with van der Waals surface area (Å²) in [5, 5.41) is 5.87. The molecule has 0 bridgehead atoms. The van der Waals surface area contributed by atoms with Crippen LogP contribution >= 0.6 is 11.6 Å². The lowest BCUT2D eigenvalue weighted by atomic mass is 10.2. The highest BCUT2D eigenvalue weighted by Gasteiger charge is 2.06. The molecule has 0 saturated carbocycles. The van der Waals surface area contributed by atoms with Crippen molar-refractivity contribution < 1.29 is 4.79 Å². The highest BCUT2D eigenvalue weighted by Crippen LogP contribution is 2.19. The maximum Gasteiger partial charge on any atom is 0.251 e. The van der Waals surface area contributed by atoms with Crippen molar-refractivity contribution in [3.63, 3.8) is 0 Å². The maximum absolute atomic E-state index is 11.6. The van der Waals surface area contributed by atoms with Gasteiger partial charge < -0.3 is 10.6 Å². The van der Waals surface area contributed by atoms with E-state index in [-0.39, 0.29) is 11.2 Å². The molecule has 2 aromatic rings. The second-order valence-electron chi connectivity index (χ2n) is 3.96. The minimum Gasteiger partial charge on any atom is -0.355 e. The molecule has 0 aliphatic heterocycles. The summed E-state index contributed by atoms with van der Waals surface area (Å²) in [6.45, 7) is 1.88. The fourth-order valence-electron chi connectivity index (χ4n) is 1.57. The highest BCUT2D eigenvalue weighted by molar-refractivity contribution is 6.28. The van der Waals surface area contributed by atoms with Gasteiger partial charge in [-0.2, -0.15) is 0 Å². The summed E-state index contributed by atoms with van der Waals surface area (Å²) in [6, 6.07) is 7.13. The molecule has 2 rings (SSSR count). The van der Waals surface area contributed by atoms with Crippen LogP contribution in [0.5, 0.6) is 0 Å². The van der Waals surface area contributed by atoms with Crippen LogP contribution in [-0.2, 0) is 0 Å². The molecule has 1 aromatic carbocycles. The Hall–Kier alpha value is -2.14. The first kappa shape index (κ1) is 13.3. The summed E-state index contributed by atoms with van der Waals surface area (Å²) in [4.78, 5) is 19.5. The number of carbonyl (C=O) groups is 1. The van der Waals surface area contributed by atoms with Gasteiger partial charge in [0.25, 0.3) is 5.91 Å². The zero-order valence-electron chi connectivity index (χ0n) is 10.6. The van der Waals surface area contributed by atoms with Gasteiger partial charge in [0.05, 0.1) is 0 Å². The Kier molecular flexibility index (Phi) is 3.97. The Morgan fingerprint density at radius 3 is 2.89 bits per heavy atom. The van der Waals surface area contributed by atoms with Crippen molar-refractivity contribution in [3.05, 3.63) is 46.9 Å². The molecule has 98 valence electrons. The topological polar surface area (TPSA) is 66.9 Å². The summed E-state index contributed by atoms with van der Waals surface area (Å²) < 4.78 is 0. The normalized spacial score (nSPS) is 10.1. The van der Waals surface area contributed by atoms with E-state index in [4.69, 9.17) is 11.6 Å². The minimum absolute atomic E-state index is 0.138. The third-order valence-electron chi connectivity index (χ3n) is 2.56. The molecule has 19 heavy (non-hydrogen) atoms. The average molecular weight is 277 g/mol. The second kappa shape index (κ2) is 5.67. The zero-order chi connectivity index (χ0) is 13.8. The van der Waals surface area contributed by atoms with Crippen molar-refractivity contribution in [2.24, 2.45) is 0 Å². The van der Waals surface area contributed by atoms with E-state index in [9.17, 15) is 4.79 Å². The largest absolute Gasteiger partial charge is 0.355 e. The van der Waals surface area contributed by atoms with E-state index in [0.29, 0.717) is 11.4 Å². The Balaban J connectivity index is 2.28. The molecule has 0 atom stereocenters. The van der Waals surface area contributed by atoms with Gasteiger partial charge in [0.15, 0.2) is 0 Å². The number of nitrogens with zero attached hydrogens (tertiary/aromatic N) is 2. The van der Waals surface area contributed by atoms with Gasteiger partial charge >= 0.3 is 0 Å². The smallest absolute Gasteiger partial charge is 0.251 e. The number of carbonyl (C=O) groups excluding carboxylic acids is 1. The lowest BCUT2D eigenvalue weighted by molar-refractivity contribution is 0.0963. The van der Waals surface area contributed by atoms with Crippen molar-refractivity contribution in [3.8, 4) is 0 Å². The number of halogens is 1. The third-order valence-corrected chi connectivity index (χ3v) is 2.74. The second-order valence-corrected chi connectivity index (χ2v) is 4.29. The van der Waals surface area contributed by atoms with Gasteiger partial charge in [-0.3, -0.25) is 4.79 Å². The molecule has 0 aliphatic carbocycles. The number of aromatic nitrogens is 2. The van der Waals surface area contributed by atoms with E-state index in [1.807, 2.05) is 13.0 Å². The van der Waals surface area contributed by atoms with Crippen LogP contribution in [0.2, 0.25) is 5.28 Å². The number of hydrogen-bond donors (Lipinski definition) is 2. The molecule has 1 aromatic heterocycles. The van der Waals surface area contributed by atoms with Crippen molar-refractivity contribution in [2.45, 2.75) is 6.92 Å². The van der Waals surface area contributed by atoms with Crippen molar-refractivity contribution >= 4 is 29.0 Å². The number of benzene rings is 1. The molecule has 5 nitrogen and oxygen atoms in total. The Labute approximate surface area is 116 Å². The molecule has 6 heteroatoms. The van der Waals surface area contributed by atoms with Gasteiger partial charge in [-0.25, -0.2) is 9.97 Å². The highest BCUT2D eigenvalue weighted by atomic mass is 35.5. The third kappa shape index (κ3) is 3.20. The summed E-state index contributed by atoms with van der Waals surface area (Å²) in [5.74, 6) is 0.482. The number of anilines is 2. The van der Waals surface area contributed by atoms with E-state index in [2.05, 4.69) is 20.6 Å². The predicted molar refractivity (Wildman–Crippen MR) is 74.9 cm³/mol. The number of rotatable bonds is 3. The lowest BCUT2D eigenvalue weighted by Crippen LogP contribution is -2.17. The molecule has 0 aliphatic rings. The van der Waals surface area contributed by atoms with E-state index in [1.54, 1.807) is 31.4 Å². The minimum atomic E-state index is -0.138. The molecule has 0 spiro atoms. The van der Waals surface area contributed by atoms with Gasteiger partial charge in [0.1, 0.15) is 5.82 Å². The Bertz CT molecular complexity index is 615. The van der Waals surface area contributed by atoms with E-state index in [0.717, 1.165) is 11.3 Å². The summed E-state index contributed by atoms with van der Waals surface area (Å²) in [5.41, 5.74) is 2.21. The van der Waals surface area contributed by atoms with Gasteiger partial charge in [-0.05, 0) is 36.7 Å². The van der Waals surface area contributed by atoms with Crippen LogP contribution in [0.25, 0.3) is 0 Å². The van der Waals surface area contributed by atoms with Crippen molar-refractivity contribution in [1.29, 1.82) is 0 Å². The van der Waals surface area contributed by atoms with Crippen molar-refractivity contribution in [2.75, 3.05) is 12.4 Å². The first-order valence-corrected chi connectivity index (χ1v) is 6.06. The van der Waals surface area contributed by atoms with Crippen LogP contribution < -0.4 is 10.6 Å². The first-order chi connectivity index (χ1) is 9.10. The number of nitrogens with one attached hydrogen (secondary N) is 2. The summed E-state index contributed by atoms with van der Waals surface area (Å²) in [6.07, 6.45) is 1.64. The molecule has 0 saturated heterocycles. The zero-order valence-corrected chi connectivity index (χ0v) is 11.3. The lowest BCUT2D eigenvalue weighted by Gasteiger charge is -2.09. The monoisotopic (exact) mass is 276 g/mol. The predicted octanol–water partition coefficient (Wildman–Crippen LogP) is 2.54. The molecule has 1 amide bonds. The average Bonchev–Trinajstić information content (AvgIpc) is 2.42. The van der Waals surface area contributed by atoms with E-state index >= 15 is 0 Å². The van der Waals surface area contributed by atoms with Gasteiger partial charge in [0, 0.05) is 30.1 Å². The first-order valence-electron chi connectivity index (χ1n) is 5.68. The molecule has 0 radical (unpaired) electrons. The van der Waals surface area contributed by atoms with Crippen molar-refractivity contribution in [1.82, 2.24) is 15.3 Å². The number of hydrogen-bond acceptors (Lipinski definition) is 4. The fourth-order valence-corrected chi connectivity index (χ4v) is 1.70. The standard InChI is InChI=1S/C13H13ClN4O/c1-8-7-16-13(14)18-11(8)17-10-5-3-4-9(6-10)12(19)15-2/h3-7H,1-2H3,(H,15,19)(H,16,17,18). The Morgan fingerprint density at radius 2 is 2.16 bits per heavy atom. The SMILES string of the molecule is CNC(=O)c1cccc(Nc2nc(Cl)ncc2C)c1. The van der Waals surface area contributed by atoms with Gasteiger partial charge in [0.2, 0.25) is 5.28 Å². The number of amides is 1. The van der Waals surface area contributed by atoms with Crippen LogP contribution in [0.15, 0.2) is 30.5 Å². The van der Waals surface area contributed by atoms with Crippen LogP contribution in [0.1, 0.15) is 15.9 Å². The van der Waals surface area contributed by atoms with Gasteiger partial charge in [-0.1, -0.05) is 6.07 Å². The molecular formula is C13H13ClN4O. The molecule has 0 fully saturated rings. The summed E-state index contributed by atoms with van der Waals surface area (Å²) >= 11 is 5.76. The Morgan fingerprint density at radius 1 is 1.37 bits per heavy atom. The van der Waals surface area contributed by atoms with E-state index in [1.165, 1.54) is 0 Å². The van der Waals surface area contributed by atoms with Crippen LogP contribution in [0, 0.1) is 6.92 Å². The van der Waals surface area contributed by atoms with Gasteiger partial charge in [-0.15, -0.1) is 0 Å². The van der Waals surface area contributed by atoms with E-state index < -0.39 is 0 Å². The molecule has 1 heterocycles. The van der Waals surface area contributed by atoms with Crippen LogP contribution in [-0.4, -0.2) is 22.9 Å².